The van der Waals surface area contributed by atoms with Gasteiger partial charge >= 0.3 is 0 Å². The molecule has 0 bridgehead atoms. The maximum absolute atomic E-state index is 13.2. The molecule has 2 heterocycles. The van der Waals surface area contributed by atoms with Crippen molar-refractivity contribution < 1.29 is 4.79 Å². The third-order valence-corrected chi connectivity index (χ3v) is 5.95. The summed E-state index contributed by atoms with van der Waals surface area (Å²) in [4.78, 5) is 25.4. The van der Waals surface area contributed by atoms with Crippen LogP contribution >= 0.6 is 0 Å². The number of carbonyl (C=O) groups excluding carboxylic acids is 1. The molecule has 164 valence electrons. The maximum atomic E-state index is 13.2. The van der Waals surface area contributed by atoms with Gasteiger partial charge in [-0.1, -0.05) is 49.4 Å². The highest BCUT2D eigenvalue weighted by atomic mass is 16.2. The van der Waals surface area contributed by atoms with E-state index in [2.05, 4.69) is 40.0 Å². The van der Waals surface area contributed by atoms with Crippen LogP contribution in [0.1, 0.15) is 48.0 Å². The molecule has 0 spiro atoms. The van der Waals surface area contributed by atoms with E-state index in [0.717, 1.165) is 43.0 Å². The van der Waals surface area contributed by atoms with Crippen molar-refractivity contribution >= 4 is 5.91 Å². The molecule has 3 aromatic rings. The van der Waals surface area contributed by atoms with Crippen molar-refractivity contribution in [2.75, 3.05) is 13.1 Å². The van der Waals surface area contributed by atoms with Crippen LogP contribution in [0, 0.1) is 11.3 Å². The van der Waals surface area contributed by atoms with Crippen molar-refractivity contribution in [1.82, 2.24) is 19.8 Å². The Bertz CT molecular complexity index is 1070. The Morgan fingerprint density at radius 2 is 1.94 bits per heavy atom. The molecule has 1 saturated heterocycles. The van der Waals surface area contributed by atoms with E-state index >= 15 is 0 Å². The summed E-state index contributed by atoms with van der Waals surface area (Å²) in [6.45, 7) is 5.18. The van der Waals surface area contributed by atoms with Gasteiger partial charge in [0.15, 0.2) is 0 Å². The summed E-state index contributed by atoms with van der Waals surface area (Å²) in [7, 11) is 0. The lowest BCUT2D eigenvalue weighted by Crippen LogP contribution is -2.41. The number of carbonyl (C=O) groups is 1. The molecule has 1 atom stereocenters. The number of likely N-dealkylation sites (tertiary alicyclic amines) is 1. The second-order valence-electron chi connectivity index (χ2n) is 8.36. The van der Waals surface area contributed by atoms with Gasteiger partial charge < -0.3 is 9.88 Å². The number of hydrogen-bond donors (Lipinski definition) is 1. The lowest BCUT2D eigenvalue weighted by atomic mass is 10.1. The van der Waals surface area contributed by atoms with Gasteiger partial charge in [-0.25, -0.2) is 4.98 Å². The van der Waals surface area contributed by atoms with Crippen LogP contribution in [0.25, 0.3) is 0 Å². The zero-order valence-electron chi connectivity index (χ0n) is 18.5. The average Bonchev–Trinajstić information content (AvgIpc) is 3.41. The van der Waals surface area contributed by atoms with Crippen molar-refractivity contribution in [3.8, 4) is 6.07 Å². The Morgan fingerprint density at radius 1 is 1.16 bits per heavy atom. The summed E-state index contributed by atoms with van der Waals surface area (Å²) in [6.07, 6.45) is 4.42. The number of aromatic nitrogens is 2. The lowest BCUT2D eigenvalue weighted by Gasteiger charge is -2.27. The number of nitriles is 1. The first kappa shape index (κ1) is 21.8. The summed E-state index contributed by atoms with van der Waals surface area (Å²) in [5, 5.41) is 8.95. The van der Waals surface area contributed by atoms with E-state index in [0.29, 0.717) is 25.1 Å². The number of amides is 1. The van der Waals surface area contributed by atoms with E-state index in [4.69, 9.17) is 5.26 Å². The molecule has 6 nitrogen and oxygen atoms in total. The Kier molecular flexibility index (Phi) is 6.98. The average molecular weight is 428 g/mol. The minimum atomic E-state index is -0.0797. The van der Waals surface area contributed by atoms with Gasteiger partial charge in [0.2, 0.25) is 5.91 Å². The number of H-pyrrole nitrogens is 1. The first-order valence-electron chi connectivity index (χ1n) is 11.2. The summed E-state index contributed by atoms with van der Waals surface area (Å²) in [6, 6.07) is 19.8. The molecule has 0 radical (unpaired) electrons. The molecule has 4 rings (SSSR count). The van der Waals surface area contributed by atoms with Crippen LogP contribution in [-0.4, -0.2) is 44.8 Å². The normalized spacial score (nSPS) is 16.0. The van der Waals surface area contributed by atoms with Gasteiger partial charge in [-0.2, -0.15) is 5.26 Å². The van der Waals surface area contributed by atoms with Crippen molar-refractivity contribution in [2.24, 2.45) is 0 Å². The summed E-state index contributed by atoms with van der Waals surface area (Å²) < 4.78 is 0. The van der Waals surface area contributed by atoms with Gasteiger partial charge in [0.05, 0.1) is 17.7 Å². The van der Waals surface area contributed by atoms with Crippen LogP contribution in [0.15, 0.2) is 60.8 Å². The zero-order valence-corrected chi connectivity index (χ0v) is 18.5. The third kappa shape index (κ3) is 5.24. The number of imidazole rings is 1. The monoisotopic (exact) mass is 427 g/mol. The molecule has 32 heavy (non-hydrogen) atoms. The fourth-order valence-electron chi connectivity index (χ4n) is 4.34. The molecule has 0 unspecified atom stereocenters. The van der Waals surface area contributed by atoms with Crippen LogP contribution in [0.3, 0.4) is 0 Å². The highest BCUT2D eigenvalue weighted by Crippen LogP contribution is 2.22. The zero-order chi connectivity index (χ0) is 22.3. The van der Waals surface area contributed by atoms with E-state index in [1.54, 1.807) is 0 Å². The van der Waals surface area contributed by atoms with E-state index in [1.165, 1.54) is 5.56 Å². The minimum Gasteiger partial charge on any atom is -0.345 e. The second-order valence-corrected chi connectivity index (χ2v) is 8.36. The summed E-state index contributed by atoms with van der Waals surface area (Å²) in [5.41, 5.74) is 3.96. The highest BCUT2D eigenvalue weighted by molar-refractivity contribution is 5.84. The lowest BCUT2D eigenvalue weighted by molar-refractivity contribution is -0.132. The number of hydrogen-bond acceptors (Lipinski definition) is 4. The van der Waals surface area contributed by atoms with Crippen LogP contribution in [0.5, 0.6) is 0 Å². The van der Waals surface area contributed by atoms with Crippen molar-refractivity contribution in [3.63, 3.8) is 0 Å². The van der Waals surface area contributed by atoms with E-state index in [9.17, 15) is 4.79 Å². The minimum absolute atomic E-state index is 0.0797. The van der Waals surface area contributed by atoms with Crippen LogP contribution in [-0.2, 0) is 24.3 Å². The first-order valence-corrected chi connectivity index (χ1v) is 11.2. The fourth-order valence-corrected chi connectivity index (χ4v) is 4.34. The third-order valence-electron chi connectivity index (χ3n) is 5.95. The standard InChI is InChI=1S/C26H29N5O/c1-2-13-30(24-12-14-31(26(24)32)18-22-6-4-3-5-7-22)19-23-17-28-25(29-23)15-20-8-10-21(16-27)11-9-20/h3-11,17,24H,2,12-15,18-19H2,1H3,(H,28,29)/t24-/m0/s1. The predicted octanol–water partition coefficient (Wildman–Crippen LogP) is 3.89. The van der Waals surface area contributed by atoms with Gasteiger partial charge in [-0.3, -0.25) is 9.69 Å². The maximum Gasteiger partial charge on any atom is 0.240 e. The van der Waals surface area contributed by atoms with Gasteiger partial charge in [0.1, 0.15) is 5.82 Å². The number of rotatable bonds is 9. The molecule has 1 aromatic heterocycles. The van der Waals surface area contributed by atoms with Crippen LogP contribution < -0.4 is 0 Å². The van der Waals surface area contributed by atoms with E-state index in [1.807, 2.05) is 53.6 Å². The van der Waals surface area contributed by atoms with E-state index < -0.39 is 0 Å². The van der Waals surface area contributed by atoms with Gasteiger partial charge in [-0.05, 0) is 42.6 Å². The molecule has 2 aromatic carbocycles. The molecule has 0 saturated carbocycles. The SMILES string of the molecule is CCCN(Cc1cnc(Cc2ccc(C#N)cc2)[nH]1)[C@H]1CCN(Cc2ccccc2)C1=O. The Hall–Kier alpha value is -3.43. The Morgan fingerprint density at radius 3 is 2.66 bits per heavy atom. The molecule has 6 heteroatoms. The molecular weight excluding hydrogens is 398 g/mol. The summed E-state index contributed by atoms with van der Waals surface area (Å²) >= 11 is 0. The number of nitrogens with one attached hydrogen (secondary N) is 1. The number of benzene rings is 2. The predicted molar refractivity (Wildman–Crippen MR) is 124 cm³/mol. The van der Waals surface area contributed by atoms with Crippen molar-refractivity contribution in [1.29, 1.82) is 5.26 Å². The first-order chi connectivity index (χ1) is 15.7. The topological polar surface area (TPSA) is 76.0 Å². The molecular formula is C26H29N5O. The van der Waals surface area contributed by atoms with Gasteiger partial charge in [0.25, 0.3) is 0 Å². The molecule has 1 amide bonds. The smallest absolute Gasteiger partial charge is 0.240 e. The summed E-state index contributed by atoms with van der Waals surface area (Å²) in [5.74, 6) is 1.12. The number of aromatic amines is 1. The fraction of sp³-hybridized carbons (Fsp3) is 0.346. The van der Waals surface area contributed by atoms with Gasteiger partial charge in [-0.15, -0.1) is 0 Å². The molecule has 1 aliphatic rings. The quantitative estimate of drug-likeness (QED) is 0.562. The van der Waals surface area contributed by atoms with Crippen LogP contribution in [0.2, 0.25) is 0 Å². The molecule has 1 N–H and O–H groups in total. The van der Waals surface area contributed by atoms with Crippen molar-refractivity contribution in [2.45, 2.75) is 45.3 Å². The highest BCUT2D eigenvalue weighted by Gasteiger charge is 2.35. The van der Waals surface area contributed by atoms with Crippen molar-refractivity contribution in [3.05, 3.63) is 89.0 Å². The van der Waals surface area contributed by atoms with Crippen LogP contribution in [0.4, 0.5) is 0 Å². The van der Waals surface area contributed by atoms with Gasteiger partial charge in [0, 0.05) is 37.9 Å². The molecule has 0 aliphatic carbocycles. The second kappa shape index (κ2) is 10.3. The Labute approximate surface area is 189 Å². The largest absolute Gasteiger partial charge is 0.345 e. The number of nitrogens with zero attached hydrogens (tertiary/aromatic N) is 4. The Balaban J connectivity index is 1.39. The molecule has 1 aliphatic heterocycles. The molecule has 1 fully saturated rings. The van der Waals surface area contributed by atoms with E-state index in [-0.39, 0.29) is 11.9 Å².